The smallest absolute Gasteiger partial charge is 0.410 e. The van der Waals surface area contributed by atoms with Gasteiger partial charge in [0.2, 0.25) is 11.8 Å². The van der Waals surface area contributed by atoms with Crippen molar-refractivity contribution in [3.05, 3.63) is 0 Å². The number of esters is 1. The molecule has 0 saturated carbocycles. The number of ether oxygens (including phenoxy) is 4. The quantitative estimate of drug-likeness (QED) is 0.242. The van der Waals surface area contributed by atoms with Gasteiger partial charge in [0.15, 0.2) is 0 Å². The van der Waals surface area contributed by atoms with Crippen LogP contribution in [-0.2, 0) is 33.3 Å². The minimum absolute atomic E-state index is 0.0413. The van der Waals surface area contributed by atoms with Gasteiger partial charge in [-0.05, 0) is 45.7 Å². The van der Waals surface area contributed by atoms with E-state index in [0.717, 1.165) is 12.8 Å². The Balaban J connectivity index is 3.11. The van der Waals surface area contributed by atoms with Gasteiger partial charge in [0, 0.05) is 27.8 Å². The number of hydrogen-bond donors (Lipinski definition) is 1. The summed E-state index contributed by atoms with van der Waals surface area (Å²) in [5.74, 6) is -1.60. The Bertz CT molecular complexity index is 852. The highest BCUT2D eigenvalue weighted by atomic mass is 31.0. The molecule has 1 aliphatic rings. The maximum absolute atomic E-state index is 13.7. The first-order valence-electron chi connectivity index (χ1n) is 14.1. The standard InChI is InChI=1S/C28H52N3O8P/c1-11-17(2)23(30(7)27(35)39-28(4,5)6)21(36-8)15-22(32)31-14-12-13-20(31)24(37-9)18(3)25(33)29-19(16-40)26(34)38-10/h17-21,23-24H,11-16,40H2,1-10H3,(H,29,33)/t17-,18+,19+,20-,21?,23-,24?/m0/s1. The van der Waals surface area contributed by atoms with Crippen molar-refractivity contribution in [2.45, 2.75) is 103 Å². The van der Waals surface area contributed by atoms with Crippen LogP contribution in [0.4, 0.5) is 4.79 Å². The normalized spacial score (nSPS) is 20.1. The molecule has 12 heteroatoms. The molecule has 1 N–H and O–H groups in total. The molecule has 0 aromatic rings. The van der Waals surface area contributed by atoms with Crippen LogP contribution in [0, 0.1) is 11.8 Å². The summed E-state index contributed by atoms with van der Waals surface area (Å²) in [6, 6.07) is -1.50. The lowest BCUT2D eigenvalue weighted by Crippen LogP contribution is -2.54. The number of likely N-dealkylation sites (N-methyl/N-ethyl adjacent to an activating group) is 1. The van der Waals surface area contributed by atoms with Gasteiger partial charge >= 0.3 is 12.1 Å². The van der Waals surface area contributed by atoms with E-state index in [1.807, 2.05) is 34.6 Å². The SMILES string of the molecule is CC[C@H](C)[C@@H](C(CC(=O)N1CCC[C@H]1C(OC)[C@@H](C)C(=O)N[C@H](CP)C(=O)OC)OC)N(C)C(=O)OC(C)(C)C. The van der Waals surface area contributed by atoms with E-state index < -0.39 is 41.8 Å². The van der Waals surface area contributed by atoms with Crippen LogP contribution in [0.2, 0.25) is 0 Å². The lowest BCUT2D eigenvalue weighted by Gasteiger charge is -2.39. The number of likely N-dealkylation sites (tertiary alicyclic amines) is 1. The number of nitrogens with one attached hydrogen (secondary N) is 1. The summed E-state index contributed by atoms with van der Waals surface area (Å²) in [7, 11) is 8.45. The van der Waals surface area contributed by atoms with Gasteiger partial charge in [-0.15, -0.1) is 9.24 Å². The van der Waals surface area contributed by atoms with Gasteiger partial charge in [0.1, 0.15) is 11.6 Å². The van der Waals surface area contributed by atoms with Crippen molar-refractivity contribution in [1.82, 2.24) is 15.1 Å². The minimum atomic E-state index is -0.786. The van der Waals surface area contributed by atoms with Crippen molar-refractivity contribution in [3.8, 4) is 0 Å². The summed E-state index contributed by atoms with van der Waals surface area (Å²) in [5.41, 5.74) is -0.655. The van der Waals surface area contributed by atoms with E-state index in [1.165, 1.54) is 19.1 Å². The van der Waals surface area contributed by atoms with E-state index >= 15 is 0 Å². The highest BCUT2D eigenvalue weighted by Gasteiger charge is 2.42. The molecule has 8 atom stereocenters. The monoisotopic (exact) mass is 589 g/mol. The van der Waals surface area contributed by atoms with E-state index in [9.17, 15) is 19.2 Å². The number of amides is 3. The lowest BCUT2D eigenvalue weighted by atomic mass is 9.90. The van der Waals surface area contributed by atoms with E-state index in [2.05, 4.69) is 14.6 Å². The Labute approximate surface area is 242 Å². The first-order valence-corrected chi connectivity index (χ1v) is 14.9. The molecule has 232 valence electrons. The Morgan fingerprint density at radius 2 is 1.73 bits per heavy atom. The van der Waals surface area contributed by atoms with Gasteiger partial charge in [0.25, 0.3) is 0 Å². The number of rotatable bonds is 14. The second-order valence-electron chi connectivity index (χ2n) is 11.6. The molecule has 0 aliphatic carbocycles. The molecule has 0 aromatic carbocycles. The first-order chi connectivity index (χ1) is 18.7. The van der Waals surface area contributed by atoms with Gasteiger partial charge in [-0.3, -0.25) is 9.59 Å². The van der Waals surface area contributed by atoms with Crippen LogP contribution < -0.4 is 5.32 Å². The molecule has 11 nitrogen and oxygen atoms in total. The van der Waals surface area contributed by atoms with Crippen LogP contribution in [0.5, 0.6) is 0 Å². The lowest BCUT2D eigenvalue weighted by molar-refractivity contribution is -0.146. The molecule has 3 amide bonds. The average molecular weight is 590 g/mol. The third kappa shape index (κ3) is 9.84. The molecule has 3 unspecified atom stereocenters. The van der Waals surface area contributed by atoms with Gasteiger partial charge in [0.05, 0.1) is 43.7 Å². The summed E-state index contributed by atoms with van der Waals surface area (Å²) in [6.45, 7) is 11.8. The number of carbonyl (C=O) groups is 4. The highest BCUT2D eigenvalue weighted by molar-refractivity contribution is 7.16. The molecule has 0 radical (unpaired) electrons. The second kappa shape index (κ2) is 16.5. The van der Waals surface area contributed by atoms with E-state index in [1.54, 1.807) is 26.0 Å². The maximum atomic E-state index is 13.7. The molecule has 0 bridgehead atoms. The predicted molar refractivity (Wildman–Crippen MR) is 156 cm³/mol. The van der Waals surface area contributed by atoms with Crippen LogP contribution in [-0.4, -0.2) is 111 Å². The molecule has 1 heterocycles. The van der Waals surface area contributed by atoms with Crippen molar-refractivity contribution in [3.63, 3.8) is 0 Å². The highest BCUT2D eigenvalue weighted by Crippen LogP contribution is 2.29. The van der Waals surface area contributed by atoms with Gasteiger partial charge < -0.3 is 34.1 Å². The van der Waals surface area contributed by atoms with E-state index in [-0.39, 0.29) is 36.2 Å². The van der Waals surface area contributed by atoms with Crippen LogP contribution in [0.25, 0.3) is 0 Å². The van der Waals surface area contributed by atoms with Crippen molar-refractivity contribution >= 4 is 33.1 Å². The largest absolute Gasteiger partial charge is 0.467 e. The summed E-state index contributed by atoms with van der Waals surface area (Å²) in [5, 5.41) is 2.73. The van der Waals surface area contributed by atoms with Crippen LogP contribution in [0.15, 0.2) is 0 Å². The minimum Gasteiger partial charge on any atom is -0.467 e. The third-order valence-corrected chi connectivity index (χ3v) is 8.10. The summed E-state index contributed by atoms with van der Waals surface area (Å²) in [4.78, 5) is 55.0. The Hall–Kier alpha value is -1.97. The first kappa shape index (κ1) is 36.1. The Morgan fingerprint density at radius 1 is 1.10 bits per heavy atom. The van der Waals surface area contributed by atoms with Crippen LogP contribution in [0.1, 0.15) is 67.2 Å². The predicted octanol–water partition coefficient (Wildman–Crippen LogP) is 2.85. The molecular formula is C28H52N3O8P. The fraction of sp³-hybridized carbons (Fsp3) is 0.857. The molecule has 1 rings (SSSR count). The van der Waals surface area contributed by atoms with Crippen molar-refractivity contribution < 1.29 is 38.1 Å². The summed E-state index contributed by atoms with van der Waals surface area (Å²) < 4.78 is 22.0. The second-order valence-corrected chi connectivity index (χ2v) is 12.0. The number of methoxy groups -OCH3 is 3. The molecule has 1 aliphatic heterocycles. The topological polar surface area (TPSA) is 124 Å². The zero-order valence-corrected chi connectivity index (χ0v) is 27.2. The van der Waals surface area contributed by atoms with Gasteiger partial charge in [-0.2, -0.15) is 0 Å². The molecule has 1 saturated heterocycles. The van der Waals surface area contributed by atoms with Gasteiger partial charge in [-0.25, -0.2) is 9.59 Å². The van der Waals surface area contributed by atoms with Crippen molar-refractivity contribution in [2.24, 2.45) is 11.8 Å². The molecule has 0 spiro atoms. The van der Waals surface area contributed by atoms with E-state index in [0.29, 0.717) is 19.1 Å². The molecule has 0 aromatic heterocycles. The number of nitrogens with zero attached hydrogens (tertiary/aromatic N) is 2. The number of carbonyl (C=O) groups excluding carboxylic acids is 4. The average Bonchev–Trinajstić information content (AvgIpc) is 3.39. The van der Waals surface area contributed by atoms with Gasteiger partial charge in [-0.1, -0.05) is 27.2 Å². The summed E-state index contributed by atoms with van der Waals surface area (Å²) in [6.07, 6.45) is 0.978. The summed E-state index contributed by atoms with van der Waals surface area (Å²) >= 11 is 0. The molecule has 40 heavy (non-hydrogen) atoms. The maximum Gasteiger partial charge on any atom is 0.410 e. The fourth-order valence-electron chi connectivity index (χ4n) is 5.27. The van der Waals surface area contributed by atoms with Crippen LogP contribution >= 0.6 is 9.24 Å². The fourth-order valence-corrected chi connectivity index (χ4v) is 5.58. The van der Waals surface area contributed by atoms with Crippen LogP contribution in [0.3, 0.4) is 0 Å². The Morgan fingerprint density at radius 3 is 2.20 bits per heavy atom. The molecular weight excluding hydrogens is 537 g/mol. The Kier molecular flexibility index (Phi) is 14.8. The zero-order chi connectivity index (χ0) is 30.8. The third-order valence-electron chi connectivity index (χ3n) is 7.63. The molecule has 1 fully saturated rings. The van der Waals surface area contributed by atoms with Crippen molar-refractivity contribution in [1.29, 1.82) is 0 Å². The number of hydrogen-bond acceptors (Lipinski definition) is 8. The zero-order valence-electron chi connectivity index (χ0n) is 26.0. The van der Waals surface area contributed by atoms with Crippen molar-refractivity contribution in [2.75, 3.05) is 41.1 Å². The van der Waals surface area contributed by atoms with E-state index in [4.69, 9.17) is 18.9 Å².